The smallest absolute Gasteiger partial charge is 0.270 e. The molecule has 1 aromatic heterocycles. The number of para-hydroxylation sites is 1. The van der Waals surface area contributed by atoms with Crippen LogP contribution in [0.15, 0.2) is 34.7 Å². The van der Waals surface area contributed by atoms with Gasteiger partial charge in [0.05, 0.1) is 6.04 Å². The molecule has 8 nitrogen and oxygen atoms in total. The second kappa shape index (κ2) is 8.37. The summed E-state index contributed by atoms with van der Waals surface area (Å²) in [4.78, 5) is 11.6. The SMILES string of the molecule is CC(COc1ccccc1)NS(=O)(=O)c1nnc(NC(=O)C(C)C)s1. The van der Waals surface area contributed by atoms with E-state index in [9.17, 15) is 13.2 Å². The van der Waals surface area contributed by atoms with E-state index in [4.69, 9.17) is 4.74 Å². The predicted octanol–water partition coefficient (Wildman–Crippen LogP) is 1.88. The minimum atomic E-state index is -3.84. The number of aromatic nitrogens is 2. The van der Waals surface area contributed by atoms with Gasteiger partial charge in [0.2, 0.25) is 15.4 Å². The molecule has 1 amide bonds. The van der Waals surface area contributed by atoms with Gasteiger partial charge in [0.1, 0.15) is 12.4 Å². The lowest BCUT2D eigenvalue weighted by molar-refractivity contribution is -0.118. The molecule has 0 radical (unpaired) electrons. The predicted molar refractivity (Wildman–Crippen MR) is 95.1 cm³/mol. The van der Waals surface area contributed by atoms with Crippen LogP contribution in [0, 0.1) is 5.92 Å². The van der Waals surface area contributed by atoms with Crippen molar-refractivity contribution in [3.8, 4) is 5.75 Å². The Kier molecular flexibility index (Phi) is 6.45. The number of carbonyl (C=O) groups excluding carboxylic acids is 1. The van der Waals surface area contributed by atoms with Crippen molar-refractivity contribution in [1.82, 2.24) is 14.9 Å². The first-order valence-electron chi connectivity index (χ1n) is 7.62. The van der Waals surface area contributed by atoms with E-state index in [2.05, 4.69) is 20.2 Å². The third kappa shape index (κ3) is 5.76. The van der Waals surface area contributed by atoms with Crippen LogP contribution in [0.25, 0.3) is 0 Å². The van der Waals surface area contributed by atoms with E-state index in [0.717, 1.165) is 11.3 Å². The first-order chi connectivity index (χ1) is 11.8. The number of carbonyl (C=O) groups is 1. The first-order valence-corrected chi connectivity index (χ1v) is 9.92. The minimum absolute atomic E-state index is 0.146. The minimum Gasteiger partial charge on any atom is -0.492 e. The fraction of sp³-hybridized carbons (Fsp3) is 0.400. The zero-order valence-electron chi connectivity index (χ0n) is 14.1. The molecular formula is C15H20N4O4S2. The van der Waals surface area contributed by atoms with Crippen LogP contribution in [0.2, 0.25) is 0 Å². The average molecular weight is 384 g/mol. The van der Waals surface area contributed by atoms with Crippen molar-refractivity contribution in [2.75, 3.05) is 11.9 Å². The van der Waals surface area contributed by atoms with Crippen molar-refractivity contribution in [2.24, 2.45) is 5.92 Å². The summed E-state index contributed by atoms with van der Waals surface area (Å²) in [6, 6.07) is 8.63. The maximum atomic E-state index is 12.3. The molecule has 2 aromatic rings. The number of hydrogen-bond acceptors (Lipinski definition) is 7. The monoisotopic (exact) mass is 384 g/mol. The van der Waals surface area contributed by atoms with Crippen LogP contribution >= 0.6 is 11.3 Å². The summed E-state index contributed by atoms with van der Waals surface area (Å²) in [6.45, 7) is 5.30. The fourth-order valence-corrected chi connectivity index (χ4v) is 3.85. The van der Waals surface area contributed by atoms with Crippen molar-refractivity contribution in [2.45, 2.75) is 31.2 Å². The Morgan fingerprint density at radius 3 is 2.52 bits per heavy atom. The van der Waals surface area contributed by atoms with Crippen molar-refractivity contribution in [3.63, 3.8) is 0 Å². The Labute approximate surface area is 150 Å². The summed E-state index contributed by atoms with van der Waals surface area (Å²) in [5.41, 5.74) is 0. The number of nitrogens with zero attached hydrogens (tertiary/aromatic N) is 2. The van der Waals surface area contributed by atoms with Gasteiger partial charge < -0.3 is 10.1 Å². The molecule has 1 aromatic carbocycles. The summed E-state index contributed by atoms with van der Waals surface area (Å²) in [5, 5.41) is 9.99. The Morgan fingerprint density at radius 1 is 1.20 bits per heavy atom. The molecule has 136 valence electrons. The number of hydrogen-bond donors (Lipinski definition) is 2. The highest BCUT2D eigenvalue weighted by molar-refractivity contribution is 7.91. The normalized spacial score (nSPS) is 12.8. The number of ether oxygens (including phenoxy) is 1. The molecule has 0 aliphatic heterocycles. The van der Waals surface area contributed by atoms with Crippen molar-refractivity contribution in [3.05, 3.63) is 30.3 Å². The number of amides is 1. The van der Waals surface area contributed by atoms with Crippen molar-refractivity contribution >= 4 is 32.4 Å². The summed E-state index contributed by atoms with van der Waals surface area (Å²) in [7, 11) is -3.84. The van der Waals surface area contributed by atoms with E-state index in [0.29, 0.717) is 5.75 Å². The standard InChI is InChI=1S/C15H20N4O4S2/c1-10(2)13(20)16-14-17-18-15(24-14)25(21,22)19-11(3)9-23-12-7-5-4-6-8-12/h4-8,10-11,19H,9H2,1-3H3,(H,16,17,20). The molecule has 0 aliphatic carbocycles. The quantitative estimate of drug-likeness (QED) is 0.673. The zero-order chi connectivity index (χ0) is 18.4. The number of sulfonamides is 1. The topological polar surface area (TPSA) is 110 Å². The van der Waals surface area contributed by atoms with Crippen LogP contribution in [-0.4, -0.2) is 37.2 Å². The van der Waals surface area contributed by atoms with Gasteiger partial charge in [-0.25, -0.2) is 13.1 Å². The molecule has 0 saturated carbocycles. The van der Waals surface area contributed by atoms with Gasteiger partial charge in [0.25, 0.3) is 10.0 Å². The number of anilines is 1. The summed E-state index contributed by atoms with van der Waals surface area (Å²) in [5.74, 6) is 0.165. The second-order valence-electron chi connectivity index (χ2n) is 5.66. The fourth-order valence-electron chi connectivity index (χ4n) is 1.71. The average Bonchev–Trinajstić information content (AvgIpc) is 3.03. The lowest BCUT2D eigenvalue weighted by Crippen LogP contribution is -2.36. The molecule has 0 fully saturated rings. The van der Waals surface area contributed by atoms with Crippen molar-refractivity contribution < 1.29 is 17.9 Å². The van der Waals surface area contributed by atoms with E-state index in [-0.39, 0.29) is 27.9 Å². The number of rotatable bonds is 8. The van der Waals surface area contributed by atoms with Crippen LogP contribution < -0.4 is 14.8 Å². The molecule has 0 saturated heterocycles. The molecule has 0 spiro atoms. The highest BCUT2D eigenvalue weighted by Crippen LogP contribution is 2.20. The molecule has 1 unspecified atom stereocenters. The largest absolute Gasteiger partial charge is 0.492 e. The molecule has 1 heterocycles. The Morgan fingerprint density at radius 2 is 1.88 bits per heavy atom. The summed E-state index contributed by atoms with van der Waals surface area (Å²) >= 11 is 0.797. The van der Waals surface area contributed by atoms with E-state index >= 15 is 0 Å². The van der Waals surface area contributed by atoms with Crippen LogP contribution in [0.4, 0.5) is 5.13 Å². The van der Waals surface area contributed by atoms with E-state index < -0.39 is 16.1 Å². The molecule has 1 atom stereocenters. The van der Waals surface area contributed by atoms with Gasteiger partial charge in [-0.3, -0.25) is 4.79 Å². The van der Waals surface area contributed by atoms with Crippen LogP contribution in [0.3, 0.4) is 0 Å². The molecule has 2 N–H and O–H groups in total. The Balaban J connectivity index is 1.94. The lowest BCUT2D eigenvalue weighted by Gasteiger charge is -2.13. The molecular weight excluding hydrogens is 364 g/mol. The zero-order valence-corrected chi connectivity index (χ0v) is 15.7. The van der Waals surface area contributed by atoms with E-state index in [1.54, 1.807) is 32.9 Å². The van der Waals surface area contributed by atoms with Gasteiger partial charge in [-0.1, -0.05) is 43.4 Å². The summed E-state index contributed by atoms with van der Waals surface area (Å²) < 4.78 is 32.4. The van der Waals surface area contributed by atoms with Crippen molar-refractivity contribution in [1.29, 1.82) is 0 Å². The molecule has 2 rings (SSSR count). The number of benzene rings is 1. The van der Waals surface area contributed by atoms with Gasteiger partial charge in [0, 0.05) is 5.92 Å². The molecule has 10 heteroatoms. The van der Waals surface area contributed by atoms with Gasteiger partial charge in [-0.15, -0.1) is 10.2 Å². The number of nitrogens with one attached hydrogen (secondary N) is 2. The third-order valence-corrected chi connectivity index (χ3v) is 5.79. The van der Waals surface area contributed by atoms with Gasteiger partial charge in [-0.05, 0) is 19.1 Å². The highest BCUT2D eigenvalue weighted by Gasteiger charge is 2.23. The Hall–Kier alpha value is -2.04. The van der Waals surface area contributed by atoms with E-state index in [1.165, 1.54) is 0 Å². The molecule has 25 heavy (non-hydrogen) atoms. The van der Waals surface area contributed by atoms with Gasteiger partial charge in [-0.2, -0.15) is 0 Å². The molecule has 0 bridgehead atoms. The molecule has 0 aliphatic rings. The first kappa shape index (κ1) is 19.3. The van der Waals surface area contributed by atoms with Gasteiger partial charge >= 0.3 is 0 Å². The van der Waals surface area contributed by atoms with E-state index in [1.807, 2.05) is 18.2 Å². The van der Waals surface area contributed by atoms with Crippen LogP contribution in [0.5, 0.6) is 5.75 Å². The summed E-state index contributed by atoms with van der Waals surface area (Å²) in [6.07, 6.45) is 0. The van der Waals surface area contributed by atoms with Gasteiger partial charge in [0.15, 0.2) is 0 Å². The lowest BCUT2D eigenvalue weighted by atomic mass is 10.2. The Bertz CT molecular complexity index is 806. The van der Waals surface area contributed by atoms with Crippen LogP contribution in [-0.2, 0) is 14.8 Å². The second-order valence-corrected chi connectivity index (χ2v) is 8.53. The maximum Gasteiger partial charge on any atom is 0.270 e. The highest BCUT2D eigenvalue weighted by atomic mass is 32.2. The van der Waals surface area contributed by atoms with Crippen LogP contribution in [0.1, 0.15) is 20.8 Å². The maximum absolute atomic E-state index is 12.3. The third-order valence-electron chi connectivity index (χ3n) is 2.99.